The molecule has 0 heterocycles. The first-order valence-corrected chi connectivity index (χ1v) is 11.0. The molecular weight excluding hydrogens is 455 g/mol. The molecule has 0 aliphatic rings. The molecule has 4 heteroatoms. The number of hydrogen-bond donors (Lipinski definition) is 0. The van der Waals surface area contributed by atoms with Crippen molar-refractivity contribution in [3.8, 4) is 8.57 Å². The third-order valence-electron chi connectivity index (χ3n) is 4.01. The molecule has 0 saturated carbocycles. The van der Waals surface area contributed by atoms with Crippen molar-refractivity contribution < 1.29 is 24.2 Å². The van der Waals surface area contributed by atoms with Crippen molar-refractivity contribution in [1.29, 1.82) is 10.5 Å². The molecule has 0 rings (SSSR count). The molecule has 0 atom stereocenters. The van der Waals surface area contributed by atoms with Gasteiger partial charge < -0.3 is 4.48 Å². The Kier molecular flexibility index (Phi) is 20.4. The normalized spacial score (nSPS) is 10.5. The number of hydrogen-bond acceptors (Lipinski definition) is 2. The fraction of sp³-hybridized carbons (Fsp3) is 0.889. The van der Waals surface area contributed by atoms with Gasteiger partial charge in [0.1, 0.15) is 0 Å². The van der Waals surface area contributed by atoms with Crippen LogP contribution >= 0.6 is 0 Å². The van der Waals surface area contributed by atoms with Gasteiger partial charge in [-0.25, -0.2) is 0 Å². The zero-order valence-electron chi connectivity index (χ0n) is 15.1. The fourth-order valence-corrected chi connectivity index (χ4v) is 2.77. The SMILES string of the molecule is CCCC[N+](CCCC)(CCCC)CCCC.N#[C][Au-][C]#N. The van der Waals surface area contributed by atoms with Crippen molar-refractivity contribution in [3.63, 3.8) is 0 Å². The number of quaternary nitrogens is 1. The topological polar surface area (TPSA) is 47.6 Å². The predicted molar refractivity (Wildman–Crippen MR) is 90.6 cm³/mol. The third-order valence-corrected chi connectivity index (χ3v) is 4.50. The minimum absolute atomic E-state index is 0.670. The molecule has 0 aromatic rings. The van der Waals surface area contributed by atoms with E-state index in [1.165, 1.54) is 82.0 Å². The second kappa shape index (κ2) is 18.7. The van der Waals surface area contributed by atoms with E-state index in [1.54, 1.807) is 8.57 Å². The summed E-state index contributed by atoms with van der Waals surface area (Å²) >= 11 is -0.670. The van der Waals surface area contributed by atoms with Crippen molar-refractivity contribution in [2.75, 3.05) is 26.2 Å². The summed E-state index contributed by atoms with van der Waals surface area (Å²) in [5, 5.41) is 15.3. The Balaban J connectivity index is 0. The van der Waals surface area contributed by atoms with Gasteiger partial charge in [0, 0.05) is 0 Å². The minimum atomic E-state index is -0.670. The van der Waals surface area contributed by atoms with Crippen LogP contribution in [-0.2, 0) is 19.8 Å². The van der Waals surface area contributed by atoms with Crippen LogP contribution in [0.3, 0.4) is 0 Å². The van der Waals surface area contributed by atoms with E-state index in [0.717, 1.165) is 0 Å². The first kappa shape index (κ1) is 23.9. The van der Waals surface area contributed by atoms with E-state index in [4.69, 9.17) is 10.5 Å². The van der Waals surface area contributed by atoms with Crippen molar-refractivity contribution >= 4 is 0 Å². The van der Waals surface area contributed by atoms with E-state index in [1.807, 2.05) is 0 Å². The maximum atomic E-state index is 7.64. The number of nitrogens with zero attached hydrogens (tertiary/aromatic N) is 3. The molecule has 0 radical (unpaired) electrons. The monoisotopic (exact) mass is 491 g/mol. The molecule has 0 amide bonds. The molecule has 0 aliphatic carbocycles. The molecule has 0 spiro atoms. The van der Waals surface area contributed by atoms with Gasteiger partial charge in [-0.2, -0.15) is 0 Å². The van der Waals surface area contributed by atoms with Gasteiger partial charge in [0.25, 0.3) is 0 Å². The van der Waals surface area contributed by atoms with Gasteiger partial charge in [-0.05, 0) is 25.7 Å². The molecule has 0 aliphatic heterocycles. The molecular formula is C18H36AuN3. The Hall–Kier alpha value is -0.320. The second-order valence-corrected chi connectivity index (χ2v) is 7.37. The summed E-state index contributed by atoms with van der Waals surface area (Å²) < 4.78 is 4.93. The van der Waals surface area contributed by atoms with E-state index in [-0.39, 0.29) is 0 Å². The Labute approximate surface area is 148 Å². The van der Waals surface area contributed by atoms with Gasteiger partial charge in [0.2, 0.25) is 0 Å². The van der Waals surface area contributed by atoms with Crippen LogP contribution in [0.4, 0.5) is 0 Å². The molecule has 0 bridgehead atoms. The summed E-state index contributed by atoms with van der Waals surface area (Å²) in [4.78, 5) is 0. The Bertz CT molecular complexity index is 255. The average Bonchev–Trinajstić information content (AvgIpc) is 2.55. The molecule has 22 heavy (non-hydrogen) atoms. The molecule has 134 valence electrons. The van der Waals surface area contributed by atoms with Crippen molar-refractivity contribution in [3.05, 3.63) is 0 Å². The Morgan fingerprint density at radius 3 is 1.05 bits per heavy atom. The summed E-state index contributed by atoms with van der Waals surface area (Å²) in [6.45, 7) is 15.0. The molecule has 0 N–H and O–H groups in total. The van der Waals surface area contributed by atoms with Crippen LogP contribution in [0.2, 0.25) is 0 Å². The van der Waals surface area contributed by atoms with Gasteiger partial charge in [0.05, 0.1) is 26.2 Å². The van der Waals surface area contributed by atoms with Crippen molar-refractivity contribution in [2.45, 2.75) is 79.1 Å². The summed E-state index contributed by atoms with van der Waals surface area (Å²) in [7, 11) is 0. The number of rotatable bonds is 12. The summed E-state index contributed by atoms with van der Waals surface area (Å²) in [5.41, 5.74) is 0. The van der Waals surface area contributed by atoms with E-state index >= 15 is 0 Å². The zero-order chi connectivity index (χ0) is 17.1. The molecule has 0 aromatic carbocycles. The van der Waals surface area contributed by atoms with Gasteiger partial charge in [-0.3, -0.25) is 0 Å². The van der Waals surface area contributed by atoms with E-state index < -0.39 is 19.8 Å². The van der Waals surface area contributed by atoms with E-state index in [0.29, 0.717) is 0 Å². The summed E-state index contributed by atoms with van der Waals surface area (Å²) in [5.74, 6) is 0. The number of unbranched alkanes of at least 4 members (excludes halogenated alkanes) is 4. The van der Waals surface area contributed by atoms with E-state index in [9.17, 15) is 0 Å². The Morgan fingerprint density at radius 2 is 0.909 bits per heavy atom. The standard InChI is InChI=1S/C16H36N.2CN.Au/c1-5-9-13-17(14-10-6-2,15-11-7-3)16-12-8-4;2*1-2;/h5-16H2,1-4H3;;;/q+1;;;-1. The molecule has 0 aromatic heterocycles. The van der Waals surface area contributed by atoms with Crippen molar-refractivity contribution in [1.82, 2.24) is 0 Å². The number of nitriles is 2. The van der Waals surface area contributed by atoms with Crippen LogP contribution < -0.4 is 0 Å². The van der Waals surface area contributed by atoms with Gasteiger partial charge >= 0.3 is 38.9 Å². The van der Waals surface area contributed by atoms with Crippen LogP contribution in [0, 0.1) is 19.1 Å². The second-order valence-electron chi connectivity index (χ2n) is 5.86. The zero-order valence-corrected chi connectivity index (χ0v) is 17.3. The fourth-order valence-electron chi connectivity index (χ4n) is 2.66. The molecule has 0 fully saturated rings. The molecule has 0 saturated heterocycles. The summed E-state index contributed by atoms with van der Waals surface area (Å²) in [6, 6.07) is 0. The first-order chi connectivity index (χ1) is 10.7. The third kappa shape index (κ3) is 14.6. The predicted octanol–water partition coefficient (Wildman–Crippen LogP) is 5.03. The first-order valence-electron chi connectivity index (χ1n) is 8.84. The quantitative estimate of drug-likeness (QED) is 0.284. The Morgan fingerprint density at radius 1 is 0.636 bits per heavy atom. The average molecular weight is 491 g/mol. The molecule has 3 nitrogen and oxygen atoms in total. The summed E-state index contributed by atoms with van der Waals surface area (Å²) in [6.07, 6.45) is 11.1. The van der Waals surface area contributed by atoms with Crippen LogP contribution in [0.1, 0.15) is 79.1 Å². The van der Waals surface area contributed by atoms with Crippen molar-refractivity contribution in [2.24, 2.45) is 0 Å². The van der Waals surface area contributed by atoms with Gasteiger partial charge in [-0.15, -0.1) is 0 Å². The van der Waals surface area contributed by atoms with Crippen LogP contribution in [0.25, 0.3) is 0 Å². The van der Waals surface area contributed by atoms with E-state index in [2.05, 4.69) is 27.7 Å². The van der Waals surface area contributed by atoms with Crippen LogP contribution in [0.15, 0.2) is 0 Å². The van der Waals surface area contributed by atoms with Crippen LogP contribution in [0.5, 0.6) is 0 Å². The van der Waals surface area contributed by atoms with Gasteiger partial charge in [-0.1, -0.05) is 53.4 Å². The van der Waals surface area contributed by atoms with Crippen LogP contribution in [-0.4, -0.2) is 30.7 Å². The van der Waals surface area contributed by atoms with Gasteiger partial charge in [0.15, 0.2) is 0 Å². The molecule has 0 unspecified atom stereocenters. The maximum absolute atomic E-state index is 7.64.